The van der Waals surface area contributed by atoms with Crippen LogP contribution in [0.5, 0.6) is 0 Å². The molecule has 0 saturated carbocycles. The first-order valence-electron chi connectivity index (χ1n) is 27.8. The Balaban J connectivity index is 0.949. The second kappa shape index (κ2) is 44.9. The van der Waals surface area contributed by atoms with Gasteiger partial charge in [0.15, 0.2) is 0 Å². The summed E-state index contributed by atoms with van der Waals surface area (Å²) in [5.41, 5.74) is 4.92. The van der Waals surface area contributed by atoms with Crippen molar-refractivity contribution in [3.8, 4) is 11.1 Å². The van der Waals surface area contributed by atoms with Crippen LogP contribution in [0.25, 0.3) is 11.1 Å². The number of aliphatic carboxylic acids is 1. The van der Waals surface area contributed by atoms with Crippen LogP contribution in [0.15, 0.2) is 78.9 Å². The van der Waals surface area contributed by atoms with E-state index in [1.807, 2.05) is 48.5 Å². The van der Waals surface area contributed by atoms with E-state index in [1.54, 1.807) is 37.4 Å². The molecule has 81 heavy (non-hydrogen) atoms. The van der Waals surface area contributed by atoms with Crippen molar-refractivity contribution in [2.24, 2.45) is 0 Å². The van der Waals surface area contributed by atoms with E-state index < -0.39 is 42.5 Å². The molecule has 0 bridgehead atoms. The van der Waals surface area contributed by atoms with E-state index in [2.05, 4.69) is 21.3 Å². The van der Waals surface area contributed by atoms with E-state index in [0.29, 0.717) is 165 Å². The Labute approximate surface area is 475 Å². The number of hydrogen-bond donors (Lipinski definition) is 5. The molecule has 23 nitrogen and oxygen atoms in total. The quantitative estimate of drug-likeness (QED) is 0.0507. The Hall–Kier alpha value is -5.67. The summed E-state index contributed by atoms with van der Waals surface area (Å²) in [5.74, 6) is -2.99. The molecule has 23 heteroatoms. The van der Waals surface area contributed by atoms with Crippen molar-refractivity contribution in [3.63, 3.8) is 0 Å². The van der Waals surface area contributed by atoms with Gasteiger partial charge in [-0.1, -0.05) is 78.9 Å². The lowest BCUT2D eigenvalue weighted by Crippen LogP contribution is -2.51. The number of carboxylic acid groups (broad SMARTS) is 1. The summed E-state index contributed by atoms with van der Waals surface area (Å²) < 4.78 is 70.9. The third kappa shape index (κ3) is 31.4. The number of methoxy groups -OCH3 is 1. The van der Waals surface area contributed by atoms with Crippen molar-refractivity contribution >= 4 is 29.8 Å². The smallest absolute Gasteiger partial charge is 0.407 e. The normalized spacial score (nSPS) is 12.6. The first-order valence-corrected chi connectivity index (χ1v) is 27.8. The highest BCUT2D eigenvalue weighted by Gasteiger charge is 2.30. The van der Waals surface area contributed by atoms with Gasteiger partial charge in [0.2, 0.25) is 17.7 Å². The van der Waals surface area contributed by atoms with E-state index in [-0.39, 0.29) is 44.3 Å². The highest BCUT2D eigenvalue weighted by molar-refractivity contribution is 5.91. The molecule has 452 valence electrons. The monoisotopic (exact) mass is 1140 g/mol. The number of rotatable bonds is 51. The van der Waals surface area contributed by atoms with E-state index in [1.165, 1.54) is 0 Å². The number of amides is 4. The Kier molecular flexibility index (Phi) is 37.6. The van der Waals surface area contributed by atoms with Crippen LogP contribution in [0.1, 0.15) is 48.3 Å². The van der Waals surface area contributed by atoms with Crippen LogP contribution in [-0.2, 0) is 87.2 Å². The summed E-state index contributed by atoms with van der Waals surface area (Å²) in [6, 6.07) is 22.4. The van der Waals surface area contributed by atoms with E-state index >= 15 is 0 Å². The number of hydrogen-bond acceptors (Lipinski definition) is 18. The predicted octanol–water partition coefficient (Wildman–Crippen LogP) is 3.33. The predicted molar refractivity (Wildman–Crippen MR) is 297 cm³/mol. The highest BCUT2D eigenvalue weighted by atomic mass is 16.6. The van der Waals surface area contributed by atoms with Gasteiger partial charge in [0.25, 0.3) is 0 Å². The molecule has 5 N–H and O–H groups in total. The maximum Gasteiger partial charge on any atom is 0.407 e. The number of benzene rings is 3. The summed E-state index contributed by atoms with van der Waals surface area (Å²) in [6.07, 6.45) is 0.448. The average Bonchev–Trinajstić information content (AvgIpc) is 4.08. The van der Waals surface area contributed by atoms with E-state index in [9.17, 15) is 29.1 Å². The number of fused-ring (bicyclic) bond motifs is 3. The van der Waals surface area contributed by atoms with Crippen LogP contribution in [0.4, 0.5) is 4.79 Å². The lowest BCUT2D eigenvalue weighted by atomic mass is 9.98. The maximum absolute atomic E-state index is 13.5. The molecule has 4 rings (SSSR count). The van der Waals surface area contributed by atoms with Gasteiger partial charge < -0.3 is 88.0 Å². The number of ether oxygens (including phenoxy) is 13. The topological polar surface area (TPSA) is 274 Å². The fraction of sp³-hybridized carbons (Fsp3) is 0.603. The fourth-order valence-corrected chi connectivity index (χ4v) is 8.03. The van der Waals surface area contributed by atoms with Crippen LogP contribution in [0, 0.1) is 0 Å². The van der Waals surface area contributed by atoms with E-state index in [0.717, 1.165) is 27.8 Å². The third-order valence-electron chi connectivity index (χ3n) is 12.2. The number of nitrogens with one attached hydrogen (secondary N) is 4. The van der Waals surface area contributed by atoms with Crippen molar-refractivity contribution in [1.82, 2.24) is 21.3 Å². The maximum atomic E-state index is 13.5. The SMILES string of the molecule is COCCOCCOCCOCCOCCOCCOCCOCCOCCOCCOCCOCCC(=O)NCCCC[C@H](NC(=O)OCC1c2ccccc2-c2ccccc21)C(=O)NCC(=O)N[C@@H](Cc1ccccc1)C(=O)O. The molecule has 0 aliphatic heterocycles. The van der Waals surface area contributed by atoms with Gasteiger partial charge in [0, 0.05) is 32.4 Å². The van der Waals surface area contributed by atoms with Gasteiger partial charge in [-0.05, 0) is 47.1 Å². The van der Waals surface area contributed by atoms with Crippen LogP contribution in [0.3, 0.4) is 0 Å². The van der Waals surface area contributed by atoms with Crippen LogP contribution < -0.4 is 21.3 Å². The van der Waals surface area contributed by atoms with Gasteiger partial charge >= 0.3 is 12.1 Å². The molecule has 0 fully saturated rings. The third-order valence-corrected chi connectivity index (χ3v) is 12.2. The molecule has 0 radical (unpaired) electrons. The Morgan fingerprint density at radius 2 is 0.889 bits per heavy atom. The molecule has 0 heterocycles. The molecule has 3 aromatic carbocycles. The summed E-state index contributed by atoms with van der Waals surface area (Å²) >= 11 is 0. The average molecular weight is 1140 g/mol. The van der Waals surface area contributed by atoms with Crippen LogP contribution >= 0.6 is 0 Å². The molecule has 2 atom stereocenters. The minimum atomic E-state index is -1.22. The highest BCUT2D eigenvalue weighted by Crippen LogP contribution is 2.44. The molecule has 0 spiro atoms. The Morgan fingerprint density at radius 1 is 0.469 bits per heavy atom. The first kappa shape index (κ1) is 67.8. The number of unbranched alkanes of at least 4 members (excludes halogenated alkanes) is 1. The Morgan fingerprint density at radius 3 is 1.33 bits per heavy atom. The summed E-state index contributed by atoms with van der Waals surface area (Å²) in [7, 11) is 1.64. The minimum Gasteiger partial charge on any atom is -0.480 e. The number of carbonyl (C=O) groups is 5. The fourth-order valence-electron chi connectivity index (χ4n) is 8.03. The largest absolute Gasteiger partial charge is 0.480 e. The van der Waals surface area contributed by atoms with Crippen molar-refractivity contribution in [2.75, 3.05) is 179 Å². The molecule has 1 aliphatic carbocycles. The lowest BCUT2D eigenvalue weighted by molar-refractivity contribution is -0.141. The standard InChI is InChI=1S/C58H86N4O19/c1-69-21-22-71-25-26-73-29-30-75-33-34-77-37-38-79-41-42-80-40-39-78-36-35-76-32-31-74-28-27-72-24-23-70-20-18-54(63)59-19-10-9-17-52(56(65)60-44-55(64)61-53(57(66)67)43-46-11-3-2-4-12-46)62-58(68)81-45-51-49-15-7-5-13-47(49)48-14-6-8-16-50(48)51/h2-8,11-16,51-53H,9-10,17-45H2,1H3,(H,59,63)(H,60,65)(H,61,64)(H,62,68)(H,66,67)/t52-,53-/m0/s1. The second-order valence-corrected chi connectivity index (χ2v) is 18.2. The number of carbonyl (C=O) groups excluding carboxylic acids is 4. The molecule has 4 amide bonds. The van der Waals surface area contributed by atoms with Gasteiger partial charge in [0.05, 0.1) is 159 Å². The summed E-state index contributed by atoms with van der Waals surface area (Å²) in [5, 5.41) is 20.2. The summed E-state index contributed by atoms with van der Waals surface area (Å²) in [6.45, 7) is 10.2. The molecule has 0 aromatic heterocycles. The van der Waals surface area contributed by atoms with Gasteiger partial charge in [-0.15, -0.1) is 0 Å². The number of carboxylic acids is 1. The molecular weight excluding hydrogens is 1060 g/mol. The Bertz CT molecular complexity index is 2110. The van der Waals surface area contributed by atoms with Gasteiger partial charge in [-0.25, -0.2) is 9.59 Å². The molecule has 3 aromatic rings. The zero-order valence-corrected chi connectivity index (χ0v) is 47.0. The molecular formula is C58H86N4O19. The minimum absolute atomic E-state index is 0.0305. The molecule has 0 unspecified atom stereocenters. The van der Waals surface area contributed by atoms with Crippen molar-refractivity contribution in [3.05, 3.63) is 95.6 Å². The summed E-state index contributed by atoms with van der Waals surface area (Å²) in [4.78, 5) is 64.0. The van der Waals surface area contributed by atoms with Crippen molar-refractivity contribution in [1.29, 1.82) is 0 Å². The zero-order chi connectivity index (χ0) is 57.6. The van der Waals surface area contributed by atoms with Crippen LogP contribution in [0.2, 0.25) is 0 Å². The first-order chi connectivity index (χ1) is 39.8. The lowest BCUT2D eigenvalue weighted by Gasteiger charge is -2.20. The van der Waals surface area contributed by atoms with Crippen molar-refractivity contribution in [2.45, 2.75) is 50.1 Å². The van der Waals surface area contributed by atoms with Crippen LogP contribution in [-0.4, -0.2) is 226 Å². The van der Waals surface area contributed by atoms with Gasteiger partial charge in [-0.2, -0.15) is 0 Å². The molecule has 1 aliphatic rings. The van der Waals surface area contributed by atoms with E-state index in [4.69, 9.17) is 61.6 Å². The zero-order valence-electron chi connectivity index (χ0n) is 47.0. The van der Waals surface area contributed by atoms with Gasteiger partial charge in [0.1, 0.15) is 18.7 Å². The number of alkyl carbamates (subject to hydrolysis) is 1. The molecule has 0 saturated heterocycles. The van der Waals surface area contributed by atoms with Crippen molar-refractivity contribution < 1.29 is 90.7 Å². The second-order valence-electron chi connectivity index (χ2n) is 18.2. The van der Waals surface area contributed by atoms with Gasteiger partial charge in [-0.3, -0.25) is 14.4 Å².